The van der Waals surface area contributed by atoms with E-state index in [-0.39, 0.29) is 10.7 Å². The van der Waals surface area contributed by atoms with Gasteiger partial charge in [-0.3, -0.25) is 24.7 Å². The van der Waals surface area contributed by atoms with Gasteiger partial charge in [0.25, 0.3) is 11.6 Å². The zero-order valence-corrected chi connectivity index (χ0v) is 17.2. The molecule has 2 heterocycles. The lowest BCUT2D eigenvalue weighted by atomic mass is 9.92. The van der Waals surface area contributed by atoms with E-state index in [0.717, 1.165) is 4.90 Å². The third kappa shape index (κ3) is 3.04. The summed E-state index contributed by atoms with van der Waals surface area (Å²) in [5, 5.41) is 17.5. The van der Waals surface area contributed by atoms with E-state index in [4.69, 9.17) is 11.6 Å². The van der Waals surface area contributed by atoms with Crippen molar-refractivity contribution in [2.45, 2.75) is 6.04 Å². The molecule has 8 nitrogen and oxygen atoms in total. The summed E-state index contributed by atoms with van der Waals surface area (Å²) in [7, 11) is 0. The molecule has 1 fully saturated rings. The van der Waals surface area contributed by atoms with Gasteiger partial charge in [0.1, 0.15) is 12.0 Å². The van der Waals surface area contributed by atoms with E-state index in [1.165, 1.54) is 12.1 Å². The van der Waals surface area contributed by atoms with Crippen molar-refractivity contribution < 1.29 is 14.5 Å². The number of hydrogen-bond donors (Lipinski definition) is 0. The second-order valence-corrected chi connectivity index (χ2v) is 7.76. The number of benzene rings is 3. The molecule has 2 unspecified atom stereocenters. The maximum absolute atomic E-state index is 13.5. The predicted octanol–water partition coefficient (Wildman–Crippen LogP) is 4.03. The highest BCUT2D eigenvalue weighted by molar-refractivity contribution is 6.39. The summed E-state index contributed by atoms with van der Waals surface area (Å²) in [5.41, 5.74) is 1.80. The Balaban J connectivity index is 1.63. The molecule has 0 spiro atoms. The molecule has 3 aromatic rings. The first-order valence-electron chi connectivity index (χ1n) is 9.77. The Morgan fingerprint density at radius 3 is 2.19 bits per heavy atom. The quantitative estimate of drug-likeness (QED) is 0.342. The molecule has 158 valence electrons. The van der Waals surface area contributed by atoms with Gasteiger partial charge >= 0.3 is 0 Å². The van der Waals surface area contributed by atoms with E-state index in [9.17, 15) is 19.7 Å². The van der Waals surface area contributed by atoms with Crippen LogP contribution >= 0.6 is 11.6 Å². The minimum atomic E-state index is -0.883. The van der Waals surface area contributed by atoms with Crippen LogP contribution in [-0.4, -0.2) is 28.5 Å². The number of rotatable bonds is 4. The molecular formula is C23H15ClN4O4. The third-order valence-corrected chi connectivity index (χ3v) is 5.86. The highest BCUT2D eigenvalue weighted by Gasteiger charge is 2.57. The molecule has 0 saturated carbocycles. The Morgan fingerprint density at radius 1 is 0.875 bits per heavy atom. The Morgan fingerprint density at radius 2 is 1.53 bits per heavy atom. The molecule has 0 bridgehead atoms. The fourth-order valence-corrected chi connectivity index (χ4v) is 4.29. The second-order valence-electron chi connectivity index (χ2n) is 7.36. The van der Waals surface area contributed by atoms with Crippen LogP contribution in [0.5, 0.6) is 0 Å². The number of anilines is 2. The van der Waals surface area contributed by atoms with Crippen molar-refractivity contribution in [3.63, 3.8) is 0 Å². The van der Waals surface area contributed by atoms with Crippen LogP contribution in [0.15, 0.2) is 84.0 Å². The monoisotopic (exact) mass is 446 g/mol. The number of amides is 2. The lowest BCUT2D eigenvalue weighted by Gasteiger charge is -2.22. The van der Waals surface area contributed by atoms with E-state index in [2.05, 4.69) is 5.10 Å². The SMILES string of the molecule is O=C1C2C(c3ccc([N+](=O)[O-])cc3)=NN(c3ccccc3)C2C(=O)N1c1ccccc1Cl. The molecule has 9 heteroatoms. The Bertz CT molecular complexity index is 1280. The van der Waals surface area contributed by atoms with Crippen LogP contribution in [0.1, 0.15) is 5.56 Å². The lowest BCUT2D eigenvalue weighted by Crippen LogP contribution is -2.39. The maximum Gasteiger partial charge on any atom is 0.269 e. The average Bonchev–Trinajstić information content (AvgIpc) is 3.32. The molecule has 3 aromatic carbocycles. The van der Waals surface area contributed by atoms with Gasteiger partial charge in [0, 0.05) is 12.1 Å². The number of nitro groups is 1. The molecule has 2 amide bonds. The van der Waals surface area contributed by atoms with Crippen molar-refractivity contribution >= 4 is 46.2 Å². The fraction of sp³-hybridized carbons (Fsp3) is 0.0870. The molecule has 1 saturated heterocycles. The fourth-order valence-electron chi connectivity index (χ4n) is 4.07. The third-order valence-electron chi connectivity index (χ3n) is 5.54. The summed E-state index contributed by atoms with van der Waals surface area (Å²) in [6.07, 6.45) is 0. The number of carbonyl (C=O) groups is 2. The van der Waals surface area contributed by atoms with Gasteiger partial charge in [-0.1, -0.05) is 41.9 Å². The highest BCUT2D eigenvalue weighted by Crippen LogP contribution is 2.40. The van der Waals surface area contributed by atoms with E-state index in [0.29, 0.717) is 22.6 Å². The van der Waals surface area contributed by atoms with Gasteiger partial charge in [-0.05, 0) is 42.0 Å². The zero-order valence-electron chi connectivity index (χ0n) is 16.5. The Hall–Kier alpha value is -4.04. The van der Waals surface area contributed by atoms with Crippen molar-refractivity contribution in [2.75, 3.05) is 9.91 Å². The van der Waals surface area contributed by atoms with Crippen molar-refractivity contribution in [1.82, 2.24) is 0 Å². The van der Waals surface area contributed by atoms with Crippen molar-refractivity contribution in [3.8, 4) is 0 Å². The number of hydrogen-bond acceptors (Lipinski definition) is 6. The largest absolute Gasteiger partial charge is 0.273 e. The molecule has 5 rings (SSSR count). The van der Waals surface area contributed by atoms with Crippen LogP contribution in [0.2, 0.25) is 5.02 Å². The van der Waals surface area contributed by atoms with E-state index in [1.807, 2.05) is 18.2 Å². The van der Waals surface area contributed by atoms with E-state index < -0.39 is 28.7 Å². The van der Waals surface area contributed by atoms with Gasteiger partial charge in [0.15, 0.2) is 0 Å². The van der Waals surface area contributed by atoms with Gasteiger partial charge in [0.2, 0.25) is 5.91 Å². The number of halogens is 1. The summed E-state index contributed by atoms with van der Waals surface area (Å²) >= 11 is 6.29. The first-order chi connectivity index (χ1) is 15.5. The summed E-state index contributed by atoms with van der Waals surface area (Å²) in [6.45, 7) is 0. The first kappa shape index (κ1) is 19.9. The number of hydrazone groups is 1. The number of nitrogens with zero attached hydrogens (tertiary/aromatic N) is 4. The van der Waals surface area contributed by atoms with Crippen LogP contribution in [0.4, 0.5) is 17.1 Å². The summed E-state index contributed by atoms with van der Waals surface area (Å²) in [6, 6.07) is 20.6. The summed E-state index contributed by atoms with van der Waals surface area (Å²) < 4.78 is 0. The Kier molecular flexibility index (Phi) is 4.71. The molecule has 0 aliphatic carbocycles. The highest BCUT2D eigenvalue weighted by atomic mass is 35.5. The normalized spacial score (nSPS) is 19.8. The molecular weight excluding hydrogens is 432 g/mol. The average molecular weight is 447 g/mol. The molecule has 0 aromatic heterocycles. The predicted molar refractivity (Wildman–Crippen MR) is 120 cm³/mol. The van der Waals surface area contributed by atoms with Gasteiger partial charge in [-0.15, -0.1) is 0 Å². The number of carbonyl (C=O) groups excluding carboxylic acids is 2. The zero-order chi connectivity index (χ0) is 22.4. The minimum Gasteiger partial charge on any atom is -0.273 e. The smallest absolute Gasteiger partial charge is 0.269 e. The van der Waals surface area contributed by atoms with Crippen molar-refractivity contribution in [3.05, 3.63) is 99.6 Å². The van der Waals surface area contributed by atoms with E-state index >= 15 is 0 Å². The van der Waals surface area contributed by atoms with Crippen molar-refractivity contribution in [1.29, 1.82) is 0 Å². The van der Waals surface area contributed by atoms with Crippen LogP contribution in [-0.2, 0) is 9.59 Å². The van der Waals surface area contributed by atoms with Crippen LogP contribution < -0.4 is 9.91 Å². The minimum absolute atomic E-state index is 0.0738. The number of nitro benzene ring substituents is 1. The van der Waals surface area contributed by atoms with Gasteiger partial charge in [-0.2, -0.15) is 5.10 Å². The molecule has 2 aliphatic heterocycles. The second kappa shape index (κ2) is 7.58. The Labute approximate surface area is 187 Å². The molecule has 0 N–H and O–H groups in total. The van der Waals surface area contributed by atoms with Crippen LogP contribution in [0.25, 0.3) is 0 Å². The van der Waals surface area contributed by atoms with Crippen molar-refractivity contribution in [2.24, 2.45) is 11.0 Å². The summed E-state index contributed by atoms with van der Waals surface area (Å²) in [5.74, 6) is -1.75. The maximum atomic E-state index is 13.5. The molecule has 0 radical (unpaired) electrons. The molecule has 2 aliphatic rings. The lowest BCUT2D eigenvalue weighted by molar-refractivity contribution is -0.384. The first-order valence-corrected chi connectivity index (χ1v) is 10.1. The van der Waals surface area contributed by atoms with Gasteiger partial charge in [-0.25, -0.2) is 4.90 Å². The van der Waals surface area contributed by atoms with Crippen LogP contribution in [0.3, 0.4) is 0 Å². The standard InChI is InChI=1S/C23H15ClN4O4/c24-17-8-4-5-9-18(17)26-22(29)19-20(14-10-12-16(13-11-14)28(31)32)25-27(21(19)23(26)30)15-6-2-1-3-7-15/h1-13,19,21H. The van der Waals surface area contributed by atoms with Crippen LogP contribution in [0, 0.1) is 16.0 Å². The molecule has 32 heavy (non-hydrogen) atoms. The number of para-hydroxylation sites is 2. The topological polar surface area (TPSA) is 96.1 Å². The molecule has 2 atom stereocenters. The van der Waals surface area contributed by atoms with E-state index in [1.54, 1.807) is 53.5 Å². The summed E-state index contributed by atoms with van der Waals surface area (Å²) in [4.78, 5) is 38.6. The number of imide groups is 1. The number of fused-ring (bicyclic) bond motifs is 1. The van der Waals surface area contributed by atoms with Gasteiger partial charge < -0.3 is 0 Å². The number of non-ortho nitro benzene ring substituents is 1. The van der Waals surface area contributed by atoms with Gasteiger partial charge in [0.05, 0.1) is 27.0 Å².